The van der Waals surface area contributed by atoms with Crippen LogP contribution in [0.25, 0.3) is 0 Å². The predicted octanol–water partition coefficient (Wildman–Crippen LogP) is 1.44. The molecule has 2 rings (SSSR count). The molecule has 1 heterocycles. The van der Waals surface area contributed by atoms with E-state index in [1.54, 1.807) is 0 Å². The largest absolute Gasteiger partial charge is 0.377 e. The van der Waals surface area contributed by atoms with Gasteiger partial charge in [-0.3, -0.25) is 4.79 Å². The van der Waals surface area contributed by atoms with Crippen LogP contribution in [0.3, 0.4) is 0 Å². The van der Waals surface area contributed by atoms with E-state index in [4.69, 9.17) is 4.74 Å². The van der Waals surface area contributed by atoms with Gasteiger partial charge in [0.1, 0.15) is 0 Å². The summed E-state index contributed by atoms with van der Waals surface area (Å²) >= 11 is 0. The lowest BCUT2D eigenvalue weighted by Crippen LogP contribution is -2.39. The number of ether oxygens (including phenoxy) is 1. The standard InChI is InChI=1S/C17H26N2O4S/c1-14-5-7-15(8-6-14)12-18-17(20)9-10-19(24(2,21)22)13-16-4-3-11-23-16/h5-8,16H,3-4,9-13H2,1-2H3,(H,18,20). The molecule has 0 radical (unpaired) electrons. The number of aryl methyl sites for hydroxylation is 1. The van der Waals surface area contributed by atoms with Crippen LogP contribution in [-0.4, -0.2) is 50.7 Å². The minimum Gasteiger partial charge on any atom is -0.377 e. The zero-order valence-corrected chi connectivity index (χ0v) is 15.1. The first-order valence-electron chi connectivity index (χ1n) is 8.23. The Bertz CT molecular complexity index is 637. The third-order valence-corrected chi connectivity index (χ3v) is 5.37. The van der Waals surface area contributed by atoms with E-state index in [1.165, 1.54) is 16.1 Å². The van der Waals surface area contributed by atoms with Crippen LogP contribution in [0.2, 0.25) is 0 Å². The smallest absolute Gasteiger partial charge is 0.221 e. The van der Waals surface area contributed by atoms with Crippen LogP contribution in [0, 0.1) is 6.92 Å². The van der Waals surface area contributed by atoms with E-state index in [1.807, 2.05) is 31.2 Å². The van der Waals surface area contributed by atoms with Gasteiger partial charge in [0.05, 0.1) is 12.4 Å². The lowest BCUT2D eigenvalue weighted by atomic mass is 10.1. The van der Waals surface area contributed by atoms with Gasteiger partial charge in [-0.1, -0.05) is 29.8 Å². The molecule has 0 spiro atoms. The Balaban J connectivity index is 1.79. The van der Waals surface area contributed by atoms with Crippen LogP contribution in [0.5, 0.6) is 0 Å². The fourth-order valence-electron chi connectivity index (χ4n) is 2.63. The summed E-state index contributed by atoms with van der Waals surface area (Å²) in [7, 11) is -3.35. The number of rotatable bonds is 8. The Labute approximate surface area is 144 Å². The molecule has 24 heavy (non-hydrogen) atoms. The molecule has 1 aromatic rings. The van der Waals surface area contributed by atoms with Gasteiger partial charge in [-0.25, -0.2) is 8.42 Å². The molecule has 7 heteroatoms. The third-order valence-electron chi connectivity index (χ3n) is 4.10. The zero-order valence-electron chi connectivity index (χ0n) is 14.3. The van der Waals surface area contributed by atoms with E-state index < -0.39 is 10.0 Å². The lowest BCUT2D eigenvalue weighted by Gasteiger charge is -2.22. The first-order chi connectivity index (χ1) is 11.3. The zero-order chi connectivity index (χ0) is 17.6. The molecule has 1 saturated heterocycles. The molecule has 1 unspecified atom stereocenters. The maximum absolute atomic E-state index is 12.0. The number of hydrogen-bond acceptors (Lipinski definition) is 4. The predicted molar refractivity (Wildman–Crippen MR) is 93.0 cm³/mol. The van der Waals surface area contributed by atoms with Crippen LogP contribution in [0.1, 0.15) is 30.4 Å². The fourth-order valence-corrected chi connectivity index (χ4v) is 3.49. The van der Waals surface area contributed by atoms with Crippen LogP contribution >= 0.6 is 0 Å². The molecule has 1 amide bonds. The highest BCUT2D eigenvalue weighted by Gasteiger charge is 2.25. The number of amides is 1. The van der Waals surface area contributed by atoms with Crippen molar-refractivity contribution in [2.75, 3.05) is 26.0 Å². The van der Waals surface area contributed by atoms with Crippen LogP contribution in [-0.2, 0) is 26.1 Å². The Kier molecular flexibility index (Phi) is 6.77. The SMILES string of the molecule is Cc1ccc(CNC(=O)CCN(CC2CCCO2)S(C)(=O)=O)cc1. The maximum Gasteiger partial charge on any atom is 0.221 e. The van der Waals surface area contributed by atoms with Crippen molar-refractivity contribution >= 4 is 15.9 Å². The quantitative estimate of drug-likeness (QED) is 0.766. The van der Waals surface area contributed by atoms with Crippen LogP contribution in [0.15, 0.2) is 24.3 Å². The normalized spacial score (nSPS) is 18.0. The van der Waals surface area contributed by atoms with Gasteiger partial charge in [0, 0.05) is 32.7 Å². The van der Waals surface area contributed by atoms with Gasteiger partial charge in [-0.15, -0.1) is 0 Å². The highest BCUT2D eigenvalue weighted by Crippen LogP contribution is 2.15. The first kappa shape index (κ1) is 18.9. The summed E-state index contributed by atoms with van der Waals surface area (Å²) in [6, 6.07) is 7.93. The summed E-state index contributed by atoms with van der Waals surface area (Å²) in [5, 5.41) is 2.83. The highest BCUT2D eigenvalue weighted by atomic mass is 32.2. The molecule has 1 N–H and O–H groups in total. The number of hydrogen-bond donors (Lipinski definition) is 1. The topological polar surface area (TPSA) is 75.7 Å². The van der Waals surface area contributed by atoms with E-state index in [0.29, 0.717) is 19.7 Å². The third kappa shape index (κ3) is 6.22. The monoisotopic (exact) mass is 354 g/mol. The maximum atomic E-state index is 12.0. The molecule has 6 nitrogen and oxygen atoms in total. The molecule has 134 valence electrons. The minimum absolute atomic E-state index is 0.0599. The summed E-state index contributed by atoms with van der Waals surface area (Å²) in [5.41, 5.74) is 2.19. The van der Waals surface area contributed by atoms with Crippen molar-refractivity contribution in [3.63, 3.8) is 0 Å². The molecule has 1 aromatic carbocycles. The fraction of sp³-hybridized carbons (Fsp3) is 0.588. The molecule has 0 aromatic heterocycles. The lowest BCUT2D eigenvalue weighted by molar-refractivity contribution is -0.121. The Morgan fingerprint density at radius 2 is 2.04 bits per heavy atom. The molecule has 0 bridgehead atoms. The molecule has 1 aliphatic rings. The molecule has 1 atom stereocenters. The van der Waals surface area contributed by atoms with Crippen molar-refractivity contribution < 1.29 is 17.9 Å². The van der Waals surface area contributed by atoms with Crippen molar-refractivity contribution in [1.82, 2.24) is 9.62 Å². The molecular formula is C17H26N2O4S. The van der Waals surface area contributed by atoms with E-state index in [2.05, 4.69) is 5.32 Å². The van der Waals surface area contributed by atoms with E-state index in [0.717, 1.165) is 18.4 Å². The summed E-state index contributed by atoms with van der Waals surface area (Å²) in [6.45, 7) is 3.64. The summed E-state index contributed by atoms with van der Waals surface area (Å²) in [6.07, 6.45) is 3.08. The van der Waals surface area contributed by atoms with Gasteiger partial charge in [-0.2, -0.15) is 4.31 Å². The number of nitrogens with zero attached hydrogens (tertiary/aromatic N) is 1. The Morgan fingerprint density at radius 1 is 1.33 bits per heavy atom. The second-order valence-corrected chi connectivity index (χ2v) is 8.25. The number of sulfonamides is 1. The Hall–Kier alpha value is -1.44. The average Bonchev–Trinajstić information content (AvgIpc) is 3.03. The van der Waals surface area contributed by atoms with Crippen molar-refractivity contribution in [3.8, 4) is 0 Å². The summed E-state index contributed by atoms with van der Waals surface area (Å²) in [4.78, 5) is 12.0. The molecular weight excluding hydrogens is 328 g/mol. The van der Waals surface area contributed by atoms with E-state index >= 15 is 0 Å². The van der Waals surface area contributed by atoms with E-state index in [-0.39, 0.29) is 25.0 Å². The Morgan fingerprint density at radius 3 is 2.62 bits per heavy atom. The number of carbonyl (C=O) groups is 1. The molecule has 0 saturated carbocycles. The molecule has 1 fully saturated rings. The van der Waals surface area contributed by atoms with Crippen molar-refractivity contribution in [3.05, 3.63) is 35.4 Å². The van der Waals surface area contributed by atoms with Crippen LogP contribution in [0.4, 0.5) is 0 Å². The van der Waals surface area contributed by atoms with Gasteiger partial charge in [0.15, 0.2) is 0 Å². The number of nitrogens with one attached hydrogen (secondary N) is 1. The first-order valence-corrected chi connectivity index (χ1v) is 10.1. The van der Waals surface area contributed by atoms with Gasteiger partial charge in [-0.05, 0) is 25.3 Å². The van der Waals surface area contributed by atoms with Crippen molar-refractivity contribution in [2.45, 2.75) is 38.8 Å². The summed E-state index contributed by atoms with van der Waals surface area (Å²) in [5.74, 6) is -0.156. The highest BCUT2D eigenvalue weighted by molar-refractivity contribution is 7.88. The van der Waals surface area contributed by atoms with Crippen LogP contribution < -0.4 is 5.32 Å². The second-order valence-electron chi connectivity index (χ2n) is 6.27. The van der Waals surface area contributed by atoms with Gasteiger partial charge < -0.3 is 10.1 Å². The number of carbonyl (C=O) groups excluding carboxylic acids is 1. The van der Waals surface area contributed by atoms with Gasteiger partial charge in [0.2, 0.25) is 15.9 Å². The molecule has 0 aliphatic carbocycles. The van der Waals surface area contributed by atoms with Gasteiger partial charge >= 0.3 is 0 Å². The second kappa shape index (κ2) is 8.60. The average molecular weight is 354 g/mol. The van der Waals surface area contributed by atoms with Crippen molar-refractivity contribution in [2.24, 2.45) is 0 Å². The summed E-state index contributed by atoms with van der Waals surface area (Å²) < 4.78 is 30.6. The van der Waals surface area contributed by atoms with E-state index in [9.17, 15) is 13.2 Å². The van der Waals surface area contributed by atoms with Gasteiger partial charge in [0.25, 0.3) is 0 Å². The number of benzene rings is 1. The van der Waals surface area contributed by atoms with Crippen molar-refractivity contribution in [1.29, 1.82) is 0 Å². The minimum atomic E-state index is -3.35. The molecule has 1 aliphatic heterocycles.